The molecule has 1 fully saturated rings. The number of halogens is 2. The molecule has 0 spiro atoms. The molecule has 1 atom stereocenters. The molecule has 2 rings (SSSR count). The number of nitro benzene ring substituents is 1. The summed E-state index contributed by atoms with van der Waals surface area (Å²) < 4.78 is 12.9. The highest BCUT2D eigenvalue weighted by atomic mass is 35.5. The minimum Gasteiger partial charge on any atom is -0.305 e. The third-order valence-corrected chi connectivity index (χ3v) is 2.80. The fourth-order valence-corrected chi connectivity index (χ4v) is 2.04. The fraction of sp³-hybridized carbons (Fsp3) is 0.300. The first-order valence-electron chi connectivity index (χ1n) is 4.87. The van der Waals surface area contributed by atoms with E-state index in [4.69, 9.17) is 11.6 Å². The summed E-state index contributed by atoms with van der Waals surface area (Å²) in [5, 5.41) is 10.4. The van der Waals surface area contributed by atoms with Crippen LogP contribution in [-0.2, 0) is 4.79 Å². The molecule has 1 aliphatic heterocycles. The van der Waals surface area contributed by atoms with E-state index in [0.29, 0.717) is 0 Å². The molecule has 0 aromatic heterocycles. The third kappa shape index (κ3) is 2.21. The van der Waals surface area contributed by atoms with Gasteiger partial charge in [-0.2, -0.15) is 0 Å². The maximum absolute atomic E-state index is 12.9. The highest BCUT2D eigenvalue weighted by Gasteiger charge is 2.33. The summed E-state index contributed by atoms with van der Waals surface area (Å²) in [5.74, 6) is -1.01. The van der Waals surface area contributed by atoms with E-state index in [2.05, 4.69) is 0 Å². The van der Waals surface area contributed by atoms with Gasteiger partial charge in [0.1, 0.15) is 11.5 Å². The van der Waals surface area contributed by atoms with Crippen LogP contribution in [0.2, 0.25) is 0 Å². The molecule has 1 aromatic carbocycles. The van der Waals surface area contributed by atoms with Crippen LogP contribution in [0.15, 0.2) is 18.2 Å². The third-order valence-electron chi connectivity index (χ3n) is 2.50. The number of amides is 1. The summed E-state index contributed by atoms with van der Waals surface area (Å²) in [6.45, 7) is 0.201. The molecule has 17 heavy (non-hydrogen) atoms. The van der Waals surface area contributed by atoms with Gasteiger partial charge in [0.15, 0.2) is 0 Å². The van der Waals surface area contributed by atoms with Gasteiger partial charge in [-0.25, -0.2) is 4.39 Å². The number of carbonyl (C=O) groups is 1. The van der Waals surface area contributed by atoms with E-state index in [1.54, 1.807) is 0 Å². The van der Waals surface area contributed by atoms with Crippen molar-refractivity contribution in [3.8, 4) is 0 Å². The Hall–Kier alpha value is -1.69. The number of nitro groups is 1. The van der Waals surface area contributed by atoms with Crippen LogP contribution >= 0.6 is 11.6 Å². The molecule has 5 nitrogen and oxygen atoms in total. The van der Waals surface area contributed by atoms with Crippen LogP contribution in [0.3, 0.4) is 0 Å². The normalized spacial score (nSPS) is 19.8. The van der Waals surface area contributed by atoms with Crippen molar-refractivity contribution >= 4 is 28.9 Å². The molecule has 1 amide bonds. The number of benzene rings is 1. The van der Waals surface area contributed by atoms with Crippen molar-refractivity contribution in [1.29, 1.82) is 0 Å². The standard InChI is InChI=1S/C10H8ClFN2O3/c11-6-3-10(15)13(5-6)8-2-1-7(12)4-9(8)14(16)17/h1-2,4,6H,3,5H2. The highest BCUT2D eigenvalue weighted by Crippen LogP contribution is 2.32. The molecule has 0 bridgehead atoms. The van der Waals surface area contributed by atoms with Crippen molar-refractivity contribution in [3.63, 3.8) is 0 Å². The van der Waals surface area contributed by atoms with Crippen LogP contribution in [0.5, 0.6) is 0 Å². The van der Waals surface area contributed by atoms with Gasteiger partial charge in [-0.1, -0.05) is 0 Å². The average Bonchev–Trinajstić information content (AvgIpc) is 2.57. The zero-order valence-electron chi connectivity index (χ0n) is 8.60. The molecule has 1 aliphatic rings. The van der Waals surface area contributed by atoms with Gasteiger partial charge < -0.3 is 4.90 Å². The molecule has 1 heterocycles. The molecule has 1 saturated heterocycles. The van der Waals surface area contributed by atoms with Crippen molar-refractivity contribution < 1.29 is 14.1 Å². The van der Waals surface area contributed by atoms with Gasteiger partial charge in [0.05, 0.1) is 16.4 Å². The molecule has 0 radical (unpaired) electrons. The van der Waals surface area contributed by atoms with Crippen molar-refractivity contribution in [3.05, 3.63) is 34.1 Å². The topological polar surface area (TPSA) is 63.5 Å². The number of nitrogens with zero attached hydrogens (tertiary/aromatic N) is 2. The van der Waals surface area contributed by atoms with Gasteiger partial charge in [-0.3, -0.25) is 14.9 Å². The van der Waals surface area contributed by atoms with Gasteiger partial charge in [-0.15, -0.1) is 11.6 Å². The van der Waals surface area contributed by atoms with Gasteiger partial charge in [0.25, 0.3) is 5.69 Å². The quantitative estimate of drug-likeness (QED) is 0.463. The van der Waals surface area contributed by atoms with Crippen molar-refractivity contribution in [2.45, 2.75) is 11.8 Å². The second-order valence-electron chi connectivity index (χ2n) is 3.70. The molecule has 0 N–H and O–H groups in total. The maximum atomic E-state index is 12.9. The Morgan fingerprint density at radius 2 is 2.24 bits per heavy atom. The molecule has 0 aliphatic carbocycles. The number of rotatable bonds is 2. The lowest BCUT2D eigenvalue weighted by atomic mass is 10.2. The SMILES string of the molecule is O=C1CC(Cl)CN1c1ccc(F)cc1[N+](=O)[O-]. The lowest BCUT2D eigenvalue weighted by molar-refractivity contribution is -0.384. The molecule has 1 aromatic rings. The van der Waals surface area contributed by atoms with Crippen LogP contribution in [0.25, 0.3) is 0 Å². The van der Waals surface area contributed by atoms with E-state index in [9.17, 15) is 19.3 Å². The Morgan fingerprint density at radius 1 is 1.53 bits per heavy atom. The second kappa shape index (κ2) is 4.29. The van der Waals surface area contributed by atoms with Crippen molar-refractivity contribution in [2.75, 3.05) is 11.4 Å². The van der Waals surface area contributed by atoms with E-state index < -0.39 is 16.4 Å². The Bertz CT molecular complexity index is 494. The van der Waals surface area contributed by atoms with Gasteiger partial charge in [-0.05, 0) is 12.1 Å². The summed E-state index contributed by atoms with van der Waals surface area (Å²) in [6.07, 6.45) is 0.135. The van der Waals surface area contributed by atoms with Gasteiger partial charge in [0, 0.05) is 13.0 Å². The average molecular weight is 259 g/mol. The Morgan fingerprint density at radius 3 is 2.76 bits per heavy atom. The Labute approximate surface area is 101 Å². The van der Waals surface area contributed by atoms with Crippen LogP contribution in [0.1, 0.15) is 6.42 Å². The minimum absolute atomic E-state index is 0.0875. The monoisotopic (exact) mass is 258 g/mol. The first kappa shape index (κ1) is 11.8. The molecule has 0 saturated carbocycles. The van der Waals surface area contributed by atoms with E-state index in [1.807, 2.05) is 0 Å². The summed E-state index contributed by atoms with van der Waals surface area (Å²) >= 11 is 5.81. The summed E-state index contributed by atoms with van der Waals surface area (Å²) in [5.41, 5.74) is -0.339. The van der Waals surface area contributed by atoms with Crippen molar-refractivity contribution in [1.82, 2.24) is 0 Å². The molecular formula is C10H8ClFN2O3. The summed E-state index contributed by atoms with van der Waals surface area (Å²) in [7, 11) is 0. The zero-order chi connectivity index (χ0) is 12.6. The van der Waals surface area contributed by atoms with E-state index in [1.165, 1.54) is 11.0 Å². The molecule has 1 unspecified atom stereocenters. The van der Waals surface area contributed by atoms with E-state index in [-0.39, 0.29) is 29.9 Å². The second-order valence-corrected chi connectivity index (χ2v) is 4.31. The molecule has 7 heteroatoms. The number of hydrogen-bond acceptors (Lipinski definition) is 3. The zero-order valence-corrected chi connectivity index (χ0v) is 9.35. The Balaban J connectivity index is 2.45. The maximum Gasteiger partial charge on any atom is 0.295 e. The van der Waals surface area contributed by atoms with Gasteiger partial charge >= 0.3 is 0 Å². The number of hydrogen-bond donors (Lipinski definition) is 0. The predicted molar refractivity (Wildman–Crippen MR) is 59.7 cm³/mol. The lowest BCUT2D eigenvalue weighted by Gasteiger charge is -2.15. The van der Waals surface area contributed by atoms with Gasteiger partial charge in [0.2, 0.25) is 5.91 Å². The van der Waals surface area contributed by atoms with E-state index in [0.717, 1.165) is 12.1 Å². The molecule has 90 valence electrons. The number of anilines is 1. The predicted octanol–water partition coefficient (Wildman–Crippen LogP) is 2.08. The van der Waals surface area contributed by atoms with Crippen molar-refractivity contribution in [2.24, 2.45) is 0 Å². The Kier molecular flexibility index (Phi) is 2.97. The van der Waals surface area contributed by atoms with E-state index >= 15 is 0 Å². The van der Waals surface area contributed by atoms with Crippen LogP contribution in [-0.4, -0.2) is 22.8 Å². The highest BCUT2D eigenvalue weighted by molar-refractivity contribution is 6.24. The lowest BCUT2D eigenvalue weighted by Crippen LogP contribution is -2.25. The summed E-state index contributed by atoms with van der Waals surface area (Å²) in [4.78, 5) is 22.9. The number of alkyl halides is 1. The molecular weight excluding hydrogens is 251 g/mol. The van der Waals surface area contributed by atoms with Crippen LogP contribution in [0, 0.1) is 15.9 Å². The van der Waals surface area contributed by atoms with Crippen LogP contribution in [0.4, 0.5) is 15.8 Å². The minimum atomic E-state index is -0.715. The largest absolute Gasteiger partial charge is 0.305 e. The first-order chi connectivity index (χ1) is 7.99. The first-order valence-corrected chi connectivity index (χ1v) is 5.31. The van der Waals surface area contributed by atoms with Crippen LogP contribution < -0.4 is 4.90 Å². The fourth-order valence-electron chi connectivity index (χ4n) is 1.77. The number of carbonyl (C=O) groups excluding carboxylic acids is 1. The summed E-state index contributed by atoms with van der Waals surface area (Å²) in [6, 6.07) is 3.10. The smallest absolute Gasteiger partial charge is 0.295 e.